The standard InChI is InChI=1S/C17H16ClNO3/c1-11(19-21)17(20)14-5-9-16(10-6-14)22-12(2)13-3-7-15(18)8-4-13/h3-10,12,21H,1-2H3. The Hall–Kier alpha value is -2.33. The first-order valence-electron chi connectivity index (χ1n) is 6.77. The first-order valence-corrected chi connectivity index (χ1v) is 7.14. The summed E-state index contributed by atoms with van der Waals surface area (Å²) in [5.74, 6) is 0.331. The first-order chi connectivity index (χ1) is 10.5. The van der Waals surface area contributed by atoms with Crippen LogP contribution in [0.25, 0.3) is 0 Å². The molecule has 0 spiro atoms. The molecule has 0 amide bonds. The normalized spacial score (nSPS) is 12.8. The van der Waals surface area contributed by atoms with Crippen LogP contribution in [0, 0.1) is 0 Å². The Morgan fingerprint density at radius 2 is 1.73 bits per heavy atom. The van der Waals surface area contributed by atoms with Gasteiger partial charge < -0.3 is 9.94 Å². The highest BCUT2D eigenvalue weighted by Crippen LogP contribution is 2.23. The average Bonchev–Trinajstić information content (AvgIpc) is 2.54. The van der Waals surface area contributed by atoms with Gasteiger partial charge in [-0.1, -0.05) is 28.9 Å². The fourth-order valence-electron chi connectivity index (χ4n) is 1.95. The van der Waals surface area contributed by atoms with Gasteiger partial charge in [0, 0.05) is 10.6 Å². The maximum Gasteiger partial charge on any atom is 0.210 e. The molecule has 0 aromatic heterocycles. The number of halogens is 1. The van der Waals surface area contributed by atoms with Gasteiger partial charge in [0.2, 0.25) is 5.78 Å². The molecule has 0 aliphatic heterocycles. The van der Waals surface area contributed by atoms with Gasteiger partial charge in [0.25, 0.3) is 0 Å². The van der Waals surface area contributed by atoms with E-state index in [1.165, 1.54) is 6.92 Å². The van der Waals surface area contributed by atoms with Gasteiger partial charge in [-0.15, -0.1) is 0 Å². The number of rotatable bonds is 5. The zero-order chi connectivity index (χ0) is 16.1. The summed E-state index contributed by atoms with van der Waals surface area (Å²) in [6.07, 6.45) is -0.139. The minimum absolute atomic E-state index is 0.0446. The van der Waals surface area contributed by atoms with Gasteiger partial charge in [0.05, 0.1) is 0 Å². The molecule has 22 heavy (non-hydrogen) atoms. The van der Waals surface area contributed by atoms with Crippen LogP contribution in [0.15, 0.2) is 53.7 Å². The van der Waals surface area contributed by atoms with Gasteiger partial charge in [-0.25, -0.2) is 0 Å². The van der Waals surface area contributed by atoms with Crippen LogP contribution in [0.1, 0.15) is 35.9 Å². The molecule has 2 rings (SSSR count). The summed E-state index contributed by atoms with van der Waals surface area (Å²) in [6.45, 7) is 3.39. The molecule has 4 nitrogen and oxygen atoms in total. The van der Waals surface area contributed by atoms with E-state index in [1.807, 2.05) is 31.2 Å². The molecule has 2 aromatic rings. The molecule has 0 radical (unpaired) electrons. The summed E-state index contributed by atoms with van der Waals surface area (Å²) >= 11 is 5.86. The van der Waals surface area contributed by atoms with Crippen LogP contribution < -0.4 is 4.74 Å². The minimum Gasteiger partial charge on any atom is -0.486 e. The van der Waals surface area contributed by atoms with E-state index >= 15 is 0 Å². The Morgan fingerprint density at radius 1 is 1.14 bits per heavy atom. The van der Waals surface area contributed by atoms with Crippen LogP contribution in [-0.2, 0) is 0 Å². The largest absolute Gasteiger partial charge is 0.486 e. The molecule has 0 fully saturated rings. The molecular formula is C17H16ClNO3. The highest BCUT2D eigenvalue weighted by molar-refractivity contribution is 6.45. The molecule has 1 unspecified atom stereocenters. The third-order valence-electron chi connectivity index (χ3n) is 3.25. The monoisotopic (exact) mass is 317 g/mol. The fourth-order valence-corrected chi connectivity index (χ4v) is 2.07. The molecule has 0 saturated carbocycles. The quantitative estimate of drug-likeness (QED) is 0.382. The fraction of sp³-hybridized carbons (Fsp3) is 0.176. The lowest BCUT2D eigenvalue weighted by Crippen LogP contribution is -2.10. The second kappa shape index (κ2) is 7.09. The number of oxime groups is 1. The number of hydrogen-bond donors (Lipinski definition) is 1. The molecule has 114 valence electrons. The van der Waals surface area contributed by atoms with E-state index in [4.69, 9.17) is 21.5 Å². The zero-order valence-electron chi connectivity index (χ0n) is 12.3. The maximum absolute atomic E-state index is 11.8. The number of ether oxygens (including phenoxy) is 1. The Bertz CT molecular complexity index is 678. The van der Waals surface area contributed by atoms with Crippen molar-refractivity contribution < 1.29 is 14.7 Å². The predicted molar refractivity (Wildman–Crippen MR) is 86.2 cm³/mol. The van der Waals surface area contributed by atoms with Gasteiger partial charge in [0.1, 0.15) is 17.6 Å². The summed E-state index contributed by atoms with van der Waals surface area (Å²) in [5.41, 5.74) is 1.50. The molecule has 0 aliphatic rings. The van der Waals surface area contributed by atoms with Crippen molar-refractivity contribution in [3.63, 3.8) is 0 Å². The predicted octanol–water partition coefficient (Wildman–Crippen LogP) is 4.51. The van der Waals surface area contributed by atoms with E-state index in [2.05, 4.69) is 5.16 Å². The first kappa shape index (κ1) is 16.0. The Labute approximate surface area is 134 Å². The van der Waals surface area contributed by atoms with Crippen LogP contribution >= 0.6 is 11.6 Å². The zero-order valence-corrected chi connectivity index (χ0v) is 13.0. The highest BCUT2D eigenvalue weighted by Gasteiger charge is 2.11. The van der Waals surface area contributed by atoms with Crippen LogP contribution in [0.2, 0.25) is 5.02 Å². The van der Waals surface area contributed by atoms with Crippen molar-refractivity contribution in [2.75, 3.05) is 0 Å². The van der Waals surface area contributed by atoms with Crippen molar-refractivity contribution in [1.29, 1.82) is 0 Å². The van der Waals surface area contributed by atoms with E-state index < -0.39 is 0 Å². The topological polar surface area (TPSA) is 58.9 Å². The highest BCUT2D eigenvalue weighted by atomic mass is 35.5. The van der Waals surface area contributed by atoms with E-state index in [1.54, 1.807) is 24.3 Å². The van der Waals surface area contributed by atoms with Crippen molar-refractivity contribution >= 4 is 23.1 Å². The van der Waals surface area contributed by atoms with Crippen molar-refractivity contribution in [3.8, 4) is 5.75 Å². The van der Waals surface area contributed by atoms with Crippen LogP contribution in [-0.4, -0.2) is 16.7 Å². The number of benzene rings is 2. The van der Waals surface area contributed by atoms with Crippen LogP contribution in [0.5, 0.6) is 5.75 Å². The van der Waals surface area contributed by atoms with E-state index in [9.17, 15) is 4.79 Å². The minimum atomic E-state index is -0.320. The van der Waals surface area contributed by atoms with Gasteiger partial charge in [0.15, 0.2) is 0 Å². The third-order valence-corrected chi connectivity index (χ3v) is 3.50. The van der Waals surface area contributed by atoms with E-state index in [0.29, 0.717) is 16.3 Å². The van der Waals surface area contributed by atoms with Crippen molar-refractivity contribution in [2.24, 2.45) is 5.16 Å². The number of ketones is 1. The third kappa shape index (κ3) is 3.86. The molecule has 2 aromatic carbocycles. The summed E-state index contributed by atoms with van der Waals surface area (Å²) in [7, 11) is 0. The van der Waals surface area contributed by atoms with Gasteiger partial charge >= 0.3 is 0 Å². The summed E-state index contributed by atoms with van der Waals surface area (Å²) in [4.78, 5) is 11.8. The molecule has 0 saturated heterocycles. The summed E-state index contributed by atoms with van der Waals surface area (Å²) < 4.78 is 5.83. The average molecular weight is 318 g/mol. The number of carbonyl (C=O) groups is 1. The lowest BCUT2D eigenvalue weighted by atomic mass is 10.1. The molecular weight excluding hydrogens is 302 g/mol. The number of Topliss-reactive ketones (excluding diaryl/α,β-unsaturated/α-hetero) is 1. The molecule has 5 heteroatoms. The lowest BCUT2D eigenvalue weighted by Gasteiger charge is -2.15. The number of carbonyl (C=O) groups excluding carboxylic acids is 1. The van der Waals surface area contributed by atoms with Crippen LogP contribution in [0.4, 0.5) is 0 Å². The Kier molecular flexibility index (Phi) is 5.17. The molecule has 1 N–H and O–H groups in total. The number of nitrogens with zero attached hydrogens (tertiary/aromatic N) is 1. The summed E-state index contributed by atoms with van der Waals surface area (Å²) in [5, 5.41) is 12.2. The van der Waals surface area contributed by atoms with E-state index in [-0.39, 0.29) is 17.6 Å². The van der Waals surface area contributed by atoms with Crippen molar-refractivity contribution in [3.05, 3.63) is 64.7 Å². The molecule has 0 heterocycles. The smallest absolute Gasteiger partial charge is 0.210 e. The molecule has 0 aliphatic carbocycles. The van der Waals surface area contributed by atoms with Crippen molar-refractivity contribution in [2.45, 2.75) is 20.0 Å². The number of hydrogen-bond acceptors (Lipinski definition) is 4. The van der Waals surface area contributed by atoms with Crippen LogP contribution in [0.3, 0.4) is 0 Å². The SMILES string of the molecule is CC(=NO)C(=O)c1ccc(OC(C)c2ccc(Cl)cc2)cc1. The summed E-state index contributed by atoms with van der Waals surface area (Å²) in [6, 6.07) is 14.2. The molecule has 0 bridgehead atoms. The molecule has 1 atom stereocenters. The Morgan fingerprint density at radius 3 is 2.27 bits per heavy atom. The van der Waals surface area contributed by atoms with Gasteiger partial charge in [-0.3, -0.25) is 4.79 Å². The van der Waals surface area contributed by atoms with Gasteiger partial charge in [-0.2, -0.15) is 0 Å². The maximum atomic E-state index is 11.8. The van der Waals surface area contributed by atoms with Gasteiger partial charge in [-0.05, 0) is 55.8 Å². The van der Waals surface area contributed by atoms with Crippen molar-refractivity contribution in [1.82, 2.24) is 0 Å². The Balaban J connectivity index is 2.08. The second-order valence-corrected chi connectivity index (χ2v) is 5.29. The lowest BCUT2D eigenvalue weighted by molar-refractivity contribution is 0.106. The van der Waals surface area contributed by atoms with E-state index in [0.717, 1.165) is 5.56 Å². The second-order valence-electron chi connectivity index (χ2n) is 4.85.